The van der Waals surface area contributed by atoms with Gasteiger partial charge in [0, 0.05) is 18.1 Å². The fourth-order valence-corrected chi connectivity index (χ4v) is 5.96. The topological polar surface area (TPSA) is 86.8 Å². The van der Waals surface area contributed by atoms with Crippen LogP contribution in [-0.2, 0) is 26.2 Å². The Bertz CT molecular complexity index is 1460. The molecule has 0 aliphatic rings. The number of amides is 2. The van der Waals surface area contributed by atoms with Crippen LogP contribution in [0.4, 0.5) is 5.69 Å². The lowest BCUT2D eigenvalue weighted by molar-refractivity contribution is -0.139. The molecule has 3 aromatic carbocycles. The standard InChI is InChI=1S/C31H38ClN3O4S/c1-21(2)18-33-31(37)25(6)34(19-26-10-8-7-9-23(26)4)30(36)20-35(29-16-13-27(32)17-24(29)5)40(38,39)28-14-11-22(3)12-15-28/h7-17,21,25H,18-20H2,1-6H3,(H,33,37). The molecule has 0 fully saturated rings. The van der Waals surface area contributed by atoms with Crippen molar-refractivity contribution in [1.82, 2.24) is 10.2 Å². The van der Waals surface area contributed by atoms with Crippen LogP contribution in [0, 0.1) is 26.7 Å². The van der Waals surface area contributed by atoms with Crippen molar-refractivity contribution in [3.8, 4) is 0 Å². The predicted molar refractivity (Wildman–Crippen MR) is 161 cm³/mol. The van der Waals surface area contributed by atoms with Gasteiger partial charge >= 0.3 is 0 Å². The van der Waals surface area contributed by atoms with Crippen LogP contribution in [0.25, 0.3) is 0 Å². The fraction of sp³-hybridized carbons (Fsp3) is 0.355. The minimum Gasteiger partial charge on any atom is -0.354 e. The Labute approximate surface area is 243 Å². The average molecular weight is 584 g/mol. The van der Waals surface area contributed by atoms with Gasteiger partial charge in [-0.25, -0.2) is 8.42 Å². The van der Waals surface area contributed by atoms with Gasteiger partial charge in [-0.05, 0) is 80.6 Å². The van der Waals surface area contributed by atoms with Gasteiger partial charge in [-0.1, -0.05) is 67.4 Å². The molecule has 1 N–H and O–H groups in total. The summed E-state index contributed by atoms with van der Waals surface area (Å²) in [5.74, 6) is -0.563. The van der Waals surface area contributed by atoms with Crippen LogP contribution in [0.5, 0.6) is 0 Å². The molecule has 1 atom stereocenters. The Morgan fingerprint density at radius 2 is 1.55 bits per heavy atom. The zero-order chi connectivity index (χ0) is 29.6. The molecule has 40 heavy (non-hydrogen) atoms. The van der Waals surface area contributed by atoms with Gasteiger partial charge in [-0.2, -0.15) is 0 Å². The predicted octanol–water partition coefficient (Wildman–Crippen LogP) is 5.65. The number of sulfonamides is 1. The number of anilines is 1. The van der Waals surface area contributed by atoms with Crippen LogP contribution in [0.2, 0.25) is 5.02 Å². The Kier molecular flexibility index (Phi) is 10.4. The van der Waals surface area contributed by atoms with Gasteiger partial charge in [-0.3, -0.25) is 13.9 Å². The first-order valence-corrected chi connectivity index (χ1v) is 15.1. The summed E-state index contributed by atoms with van der Waals surface area (Å²) in [6, 6.07) is 18.1. The van der Waals surface area contributed by atoms with Gasteiger partial charge in [-0.15, -0.1) is 0 Å². The summed E-state index contributed by atoms with van der Waals surface area (Å²) in [6.07, 6.45) is 0. The van der Waals surface area contributed by atoms with E-state index in [9.17, 15) is 18.0 Å². The van der Waals surface area contributed by atoms with E-state index in [0.717, 1.165) is 21.0 Å². The first kappa shape index (κ1) is 31.2. The summed E-state index contributed by atoms with van der Waals surface area (Å²) in [5, 5.41) is 3.36. The van der Waals surface area contributed by atoms with Gasteiger partial charge < -0.3 is 10.2 Å². The monoisotopic (exact) mass is 583 g/mol. The second-order valence-electron chi connectivity index (χ2n) is 10.5. The summed E-state index contributed by atoms with van der Waals surface area (Å²) in [7, 11) is -4.14. The number of halogens is 1. The molecule has 7 nitrogen and oxygen atoms in total. The van der Waals surface area contributed by atoms with Crippen LogP contribution in [0.15, 0.2) is 71.6 Å². The highest BCUT2D eigenvalue weighted by atomic mass is 35.5. The van der Waals surface area contributed by atoms with E-state index in [1.807, 2.05) is 52.0 Å². The molecule has 0 aromatic heterocycles. The van der Waals surface area contributed by atoms with E-state index in [4.69, 9.17) is 11.6 Å². The maximum Gasteiger partial charge on any atom is 0.264 e. The largest absolute Gasteiger partial charge is 0.354 e. The molecular weight excluding hydrogens is 546 g/mol. The van der Waals surface area contributed by atoms with Crippen molar-refractivity contribution in [2.75, 3.05) is 17.4 Å². The zero-order valence-electron chi connectivity index (χ0n) is 23.9. The number of nitrogens with one attached hydrogen (secondary N) is 1. The zero-order valence-corrected chi connectivity index (χ0v) is 25.5. The third-order valence-corrected chi connectivity index (χ3v) is 8.78. The van der Waals surface area contributed by atoms with Gasteiger partial charge in [0.15, 0.2) is 0 Å². The van der Waals surface area contributed by atoms with Crippen LogP contribution < -0.4 is 9.62 Å². The summed E-state index contributed by atoms with van der Waals surface area (Å²) >= 11 is 6.17. The maximum atomic E-state index is 14.1. The van der Waals surface area contributed by atoms with Crippen molar-refractivity contribution in [1.29, 1.82) is 0 Å². The number of carbonyl (C=O) groups is 2. The van der Waals surface area contributed by atoms with Crippen molar-refractivity contribution >= 4 is 39.1 Å². The molecule has 0 heterocycles. The van der Waals surface area contributed by atoms with E-state index in [-0.39, 0.29) is 23.3 Å². The number of carbonyl (C=O) groups excluding carboxylic acids is 2. The lowest BCUT2D eigenvalue weighted by Crippen LogP contribution is -2.51. The van der Waals surface area contributed by atoms with E-state index in [1.54, 1.807) is 44.2 Å². The summed E-state index contributed by atoms with van der Waals surface area (Å²) < 4.78 is 29.1. The van der Waals surface area contributed by atoms with Gasteiger partial charge in [0.25, 0.3) is 10.0 Å². The number of aryl methyl sites for hydroxylation is 3. The maximum absolute atomic E-state index is 14.1. The van der Waals surface area contributed by atoms with Crippen LogP contribution in [0.1, 0.15) is 43.0 Å². The number of rotatable bonds is 11. The first-order valence-electron chi connectivity index (χ1n) is 13.3. The lowest BCUT2D eigenvalue weighted by Gasteiger charge is -2.33. The second-order valence-corrected chi connectivity index (χ2v) is 12.8. The SMILES string of the molecule is Cc1ccc(S(=O)(=O)N(CC(=O)N(Cc2ccccc2C)C(C)C(=O)NCC(C)C)c2ccc(Cl)cc2C)cc1. The lowest BCUT2D eigenvalue weighted by atomic mass is 10.1. The molecule has 214 valence electrons. The quantitative estimate of drug-likeness (QED) is 0.316. The summed E-state index contributed by atoms with van der Waals surface area (Å²) in [6.45, 7) is 11.3. The molecule has 0 aliphatic carbocycles. The number of nitrogens with zero attached hydrogens (tertiary/aromatic N) is 2. The molecule has 2 amide bonds. The van der Waals surface area contributed by atoms with Gasteiger partial charge in [0.05, 0.1) is 10.6 Å². The molecule has 1 unspecified atom stereocenters. The highest BCUT2D eigenvalue weighted by Crippen LogP contribution is 2.29. The highest BCUT2D eigenvalue weighted by Gasteiger charge is 2.33. The molecular formula is C31H38ClN3O4S. The van der Waals surface area contributed by atoms with E-state index in [1.165, 1.54) is 17.0 Å². The molecule has 3 aromatic rings. The Hall–Kier alpha value is -3.36. The summed E-state index contributed by atoms with van der Waals surface area (Å²) in [4.78, 5) is 28.7. The minimum absolute atomic E-state index is 0.0634. The molecule has 3 rings (SSSR count). The van der Waals surface area contributed by atoms with E-state index in [2.05, 4.69) is 5.32 Å². The third kappa shape index (κ3) is 7.64. The highest BCUT2D eigenvalue weighted by molar-refractivity contribution is 7.92. The van der Waals surface area contributed by atoms with Crippen LogP contribution in [0.3, 0.4) is 0 Å². The van der Waals surface area contributed by atoms with Crippen LogP contribution in [-0.4, -0.2) is 44.3 Å². The van der Waals surface area contributed by atoms with E-state index < -0.39 is 28.5 Å². The normalized spacial score (nSPS) is 12.2. The van der Waals surface area contributed by atoms with Crippen molar-refractivity contribution in [3.63, 3.8) is 0 Å². The number of hydrogen-bond acceptors (Lipinski definition) is 4. The minimum atomic E-state index is -4.14. The smallest absolute Gasteiger partial charge is 0.264 e. The molecule has 0 radical (unpaired) electrons. The summed E-state index contributed by atoms with van der Waals surface area (Å²) in [5.41, 5.74) is 3.69. The van der Waals surface area contributed by atoms with Crippen LogP contribution >= 0.6 is 11.6 Å². The molecule has 0 bridgehead atoms. The molecule has 0 saturated carbocycles. The van der Waals surface area contributed by atoms with Crippen molar-refractivity contribution in [2.24, 2.45) is 5.92 Å². The second kappa shape index (κ2) is 13.3. The van der Waals surface area contributed by atoms with E-state index in [0.29, 0.717) is 22.8 Å². The number of benzene rings is 3. The average Bonchev–Trinajstić information content (AvgIpc) is 2.90. The third-order valence-electron chi connectivity index (χ3n) is 6.77. The van der Waals surface area contributed by atoms with E-state index >= 15 is 0 Å². The van der Waals surface area contributed by atoms with Crippen molar-refractivity contribution in [2.45, 2.75) is 59.0 Å². The van der Waals surface area contributed by atoms with Crippen molar-refractivity contribution in [3.05, 3.63) is 94.0 Å². The Balaban J connectivity index is 2.06. The Morgan fingerprint density at radius 1 is 0.900 bits per heavy atom. The Morgan fingerprint density at radius 3 is 2.15 bits per heavy atom. The van der Waals surface area contributed by atoms with Gasteiger partial charge in [0.1, 0.15) is 12.6 Å². The molecule has 9 heteroatoms. The van der Waals surface area contributed by atoms with Crippen molar-refractivity contribution < 1.29 is 18.0 Å². The fourth-order valence-electron chi connectivity index (χ4n) is 4.26. The van der Waals surface area contributed by atoms with Gasteiger partial charge in [0.2, 0.25) is 11.8 Å². The molecule has 0 spiro atoms. The number of hydrogen-bond donors (Lipinski definition) is 1. The first-order chi connectivity index (χ1) is 18.8. The molecule has 0 saturated heterocycles. The molecule has 0 aliphatic heterocycles.